The van der Waals surface area contributed by atoms with Gasteiger partial charge in [-0.2, -0.15) is 10.4 Å². The van der Waals surface area contributed by atoms with E-state index < -0.39 is 0 Å². The van der Waals surface area contributed by atoms with Crippen LogP contribution in [0.2, 0.25) is 0 Å². The molecule has 2 aromatic rings. The van der Waals surface area contributed by atoms with Crippen molar-refractivity contribution in [1.29, 1.82) is 5.26 Å². The summed E-state index contributed by atoms with van der Waals surface area (Å²) in [6.07, 6.45) is 1.39. The lowest BCUT2D eigenvalue weighted by atomic mass is 10.1. The second-order valence-corrected chi connectivity index (χ2v) is 3.76. The molecular weight excluding hydrogens is 230 g/mol. The second-order valence-electron chi connectivity index (χ2n) is 3.76. The highest BCUT2D eigenvalue weighted by atomic mass is 16.1. The first-order valence-electron chi connectivity index (χ1n) is 5.37. The van der Waals surface area contributed by atoms with Crippen LogP contribution in [0.1, 0.15) is 34.7 Å². The maximum Gasteiger partial charge on any atom is 0.251 e. The molecule has 0 saturated carbocycles. The summed E-state index contributed by atoms with van der Waals surface area (Å²) in [7, 11) is 0. The molecule has 1 heterocycles. The van der Waals surface area contributed by atoms with Crippen LogP contribution in [-0.2, 0) is 0 Å². The minimum atomic E-state index is -0.254. The summed E-state index contributed by atoms with van der Waals surface area (Å²) in [5.74, 6) is 0.375. The fraction of sp³-hybridized carbons (Fsp3) is 0.167. The molecule has 2 rings (SSSR count). The van der Waals surface area contributed by atoms with Crippen LogP contribution in [-0.4, -0.2) is 21.1 Å². The molecule has 2 N–H and O–H groups in total. The van der Waals surface area contributed by atoms with Crippen molar-refractivity contribution in [3.63, 3.8) is 0 Å². The van der Waals surface area contributed by atoms with Crippen LogP contribution in [0, 0.1) is 11.3 Å². The normalized spacial score (nSPS) is 11.6. The van der Waals surface area contributed by atoms with Crippen molar-refractivity contribution in [1.82, 2.24) is 20.5 Å². The highest BCUT2D eigenvalue weighted by molar-refractivity contribution is 5.94. The van der Waals surface area contributed by atoms with Gasteiger partial charge in [-0.05, 0) is 31.2 Å². The Kier molecular flexibility index (Phi) is 3.34. The van der Waals surface area contributed by atoms with Crippen molar-refractivity contribution in [2.45, 2.75) is 13.0 Å². The van der Waals surface area contributed by atoms with Crippen molar-refractivity contribution in [3.8, 4) is 6.07 Å². The van der Waals surface area contributed by atoms with Gasteiger partial charge < -0.3 is 5.32 Å². The Labute approximate surface area is 104 Å². The third-order valence-electron chi connectivity index (χ3n) is 2.47. The van der Waals surface area contributed by atoms with Gasteiger partial charge in [0.25, 0.3) is 5.91 Å². The summed E-state index contributed by atoms with van der Waals surface area (Å²) >= 11 is 0. The topological polar surface area (TPSA) is 94.5 Å². The summed E-state index contributed by atoms with van der Waals surface area (Å²) in [6, 6.07) is 8.18. The maximum atomic E-state index is 11.9. The van der Waals surface area contributed by atoms with E-state index >= 15 is 0 Å². The van der Waals surface area contributed by atoms with Crippen LogP contribution in [0.4, 0.5) is 0 Å². The Bertz CT molecular complexity index is 568. The molecule has 18 heavy (non-hydrogen) atoms. The molecule has 0 spiro atoms. The van der Waals surface area contributed by atoms with Gasteiger partial charge in [-0.15, -0.1) is 0 Å². The van der Waals surface area contributed by atoms with Crippen molar-refractivity contribution < 1.29 is 4.79 Å². The molecule has 1 aromatic carbocycles. The molecule has 0 aliphatic rings. The number of hydrogen-bond acceptors (Lipinski definition) is 4. The summed E-state index contributed by atoms with van der Waals surface area (Å²) in [4.78, 5) is 15.9. The summed E-state index contributed by atoms with van der Waals surface area (Å²) < 4.78 is 0. The molecule has 0 radical (unpaired) electrons. The first-order chi connectivity index (χ1) is 8.70. The minimum Gasteiger partial charge on any atom is -0.342 e. The van der Waals surface area contributed by atoms with Crippen molar-refractivity contribution in [3.05, 3.63) is 47.5 Å². The lowest BCUT2D eigenvalue weighted by Gasteiger charge is -2.10. The molecule has 90 valence electrons. The van der Waals surface area contributed by atoms with E-state index in [-0.39, 0.29) is 11.9 Å². The number of hydrogen-bond donors (Lipinski definition) is 2. The van der Waals surface area contributed by atoms with Crippen LogP contribution in [0.25, 0.3) is 0 Å². The smallest absolute Gasteiger partial charge is 0.251 e. The number of rotatable bonds is 3. The van der Waals surface area contributed by atoms with E-state index in [0.29, 0.717) is 17.0 Å². The summed E-state index contributed by atoms with van der Waals surface area (Å²) in [5, 5.41) is 17.9. The molecule has 1 atom stereocenters. The zero-order valence-electron chi connectivity index (χ0n) is 9.71. The van der Waals surface area contributed by atoms with E-state index in [0.717, 1.165) is 0 Å². The van der Waals surface area contributed by atoms with Crippen molar-refractivity contribution in [2.24, 2.45) is 0 Å². The van der Waals surface area contributed by atoms with Gasteiger partial charge >= 0.3 is 0 Å². The fourth-order valence-corrected chi connectivity index (χ4v) is 1.47. The molecule has 0 saturated heterocycles. The first kappa shape index (κ1) is 11.8. The zero-order chi connectivity index (χ0) is 13.0. The third-order valence-corrected chi connectivity index (χ3v) is 2.47. The number of H-pyrrole nitrogens is 1. The number of benzene rings is 1. The summed E-state index contributed by atoms with van der Waals surface area (Å²) in [6.45, 7) is 1.81. The number of aromatic amines is 1. The third kappa shape index (κ3) is 2.52. The number of amides is 1. The Balaban J connectivity index is 2.05. The number of carbonyl (C=O) groups excluding carboxylic acids is 1. The van der Waals surface area contributed by atoms with E-state index in [1.54, 1.807) is 24.3 Å². The average molecular weight is 241 g/mol. The number of nitrogens with one attached hydrogen (secondary N) is 2. The fourth-order valence-electron chi connectivity index (χ4n) is 1.47. The van der Waals surface area contributed by atoms with E-state index in [1.165, 1.54) is 6.33 Å². The van der Waals surface area contributed by atoms with E-state index in [2.05, 4.69) is 20.5 Å². The zero-order valence-corrected chi connectivity index (χ0v) is 9.71. The predicted octanol–water partition coefficient (Wildman–Crippen LogP) is 1.17. The lowest BCUT2D eigenvalue weighted by molar-refractivity contribution is 0.0938. The van der Waals surface area contributed by atoms with Crippen LogP contribution in [0.5, 0.6) is 0 Å². The van der Waals surface area contributed by atoms with Crippen molar-refractivity contribution >= 4 is 5.91 Å². The molecule has 1 unspecified atom stereocenters. The highest BCUT2D eigenvalue weighted by Gasteiger charge is 2.13. The molecule has 0 aliphatic heterocycles. The number of aromatic nitrogens is 3. The Hall–Kier alpha value is -2.68. The van der Waals surface area contributed by atoms with Gasteiger partial charge in [0.05, 0.1) is 17.7 Å². The van der Waals surface area contributed by atoms with E-state index in [4.69, 9.17) is 5.26 Å². The lowest BCUT2D eigenvalue weighted by Crippen LogP contribution is -2.27. The standard InChI is InChI=1S/C12H11N5O/c1-8(11-14-7-15-17-11)16-12(18)10-4-2-9(6-13)3-5-10/h2-5,7-8H,1H3,(H,16,18)(H,14,15,17). The predicted molar refractivity (Wildman–Crippen MR) is 63.4 cm³/mol. The molecule has 0 aliphatic carbocycles. The number of nitrogens with zero attached hydrogens (tertiary/aromatic N) is 3. The van der Waals surface area contributed by atoms with Gasteiger partial charge in [0, 0.05) is 5.56 Å². The minimum absolute atomic E-state index is 0.219. The van der Waals surface area contributed by atoms with Gasteiger partial charge in [-0.1, -0.05) is 0 Å². The largest absolute Gasteiger partial charge is 0.342 e. The molecule has 0 bridgehead atoms. The molecule has 1 amide bonds. The quantitative estimate of drug-likeness (QED) is 0.843. The van der Waals surface area contributed by atoms with Gasteiger partial charge in [-0.25, -0.2) is 4.98 Å². The molecule has 1 aromatic heterocycles. The average Bonchev–Trinajstić information content (AvgIpc) is 2.92. The van der Waals surface area contributed by atoms with E-state index in [9.17, 15) is 4.79 Å². The molecular formula is C12H11N5O. The highest BCUT2D eigenvalue weighted by Crippen LogP contribution is 2.08. The van der Waals surface area contributed by atoms with E-state index in [1.807, 2.05) is 13.0 Å². The second kappa shape index (κ2) is 5.10. The van der Waals surface area contributed by atoms with Gasteiger partial charge in [0.2, 0.25) is 0 Å². The Morgan fingerprint density at radius 3 is 2.72 bits per heavy atom. The van der Waals surface area contributed by atoms with Gasteiger partial charge in [-0.3, -0.25) is 9.89 Å². The first-order valence-corrected chi connectivity index (χ1v) is 5.37. The SMILES string of the molecule is CC(NC(=O)c1ccc(C#N)cc1)c1ncn[nH]1. The Morgan fingerprint density at radius 2 is 2.17 bits per heavy atom. The van der Waals surface area contributed by atoms with Gasteiger partial charge in [0.1, 0.15) is 12.2 Å². The molecule has 6 nitrogen and oxygen atoms in total. The van der Waals surface area contributed by atoms with Crippen LogP contribution in [0.15, 0.2) is 30.6 Å². The van der Waals surface area contributed by atoms with Crippen LogP contribution >= 0.6 is 0 Å². The molecule has 0 fully saturated rings. The monoisotopic (exact) mass is 241 g/mol. The van der Waals surface area contributed by atoms with Crippen LogP contribution in [0.3, 0.4) is 0 Å². The number of nitriles is 1. The number of carbonyl (C=O) groups is 1. The van der Waals surface area contributed by atoms with Crippen LogP contribution < -0.4 is 5.32 Å². The summed E-state index contributed by atoms with van der Waals surface area (Å²) in [5.41, 5.74) is 1.02. The van der Waals surface area contributed by atoms with Gasteiger partial charge in [0.15, 0.2) is 0 Å². The van der Waals surface area contributed by atoms with Crippen molar-refractivity contribution in [2.75, 3.05) is 0 Å². The molecule has 6 heteroatoms. The maximum absolute atomic E-state index is 11.9. The Morgan fingerprint density at radius 1 is 1.44 bits per heavy atom.